The van der Waals surface area contributed by atoms with Crippen LogP contribution in [-0.2, 0) is 9.59 Å². The Hall–Kier alpha value is -1.14. The van der Waals surface area contributed by atoms with Gasteiger partial charge in [-0.05, 0) is 52.0 Å². The van der Waals surface area contributed by atoms with Crippen molar-refractivity contribution in [3.8, 4) is 0 Å². The molecule has 2 atom stereocenters. The highest BCUT2D eigenvalue weighted by atomic mass is 16.2. The number of rotatable bonds is 3. The molecule has 0 radical (unpaired) electrons. The van der Waals surface area contributed by atoms with Crippen LogP contribution in [0.5, 0.6) is 0 Å². The number of fused-ring (bicyclic) bond motifs is 2. The third kappa shape index (κ3) is 4.54. The molecule has 6 nitrogen and oxygen atoms in total. The zero-order valence-corrected chi connectivity index (χ0v) is 17.7. The zero-order chi connectivity index (χ0) is 19.5. The summed E-state index contributed by atoms with van der Waals surface area (Å²) in [4.78, 5) is 34.7. The molecule has 28 heavy (non-hydrogen) atoms. The fraction of sp³-hybridized carbons (Fsp3) is 0.909. The first-order chi connectivity index (χ1) is 13.6. The van der Waals surface area contributed by atoms with Crippen LogP contribution in [0.3, 0.4) is 0 Å². The monoisotopic (exact) mass is 390 g/mol. The van der Waals surface area contributed by atoms with E-state index in [1.807, 2.05) is 4.90 Å². The van der Waals surface area contributed by atoms with Crippen LogP contribution in [0.15, 0.2) is 0 Å². The average Bonchev–Trinajstić information content (AvgIpc) is 2.87. The molecule has 4 heterocycles. The highest BCUT2D eigenvalue weighted by Gasteiger charge is 2.36. The van der Waals surface area contributed by atoms with E-state index >= 15 is 0 Å². The lowest BCUT2D eigenvalue weighted by atomic mass is 9.95. The molecule has 4 aliphatic heterocycles. The Balaban J connectivity index is 1.23. The highest BCUT2D eigenvalue weighted by Crippen LogP contribution is 2.28. The molecule has 2 amide bonds. The zero-order valence-electron chi connectivity index (χ0n) is 17.7. The minimum atomic E-state index is 0.129. The maximum Gasteiger partial charge on any atom is 0.236 e. The summed E-state index contributed by atoms with van der Waals surface area (Å²) in [5.74, 6) is 0.742. The lowest BCUT2D eigenvalue weighted by Crippen LogP contribution is -2.48. The van der Waals surface area contributed by atoms with Crippen LogP contribution in [0.1, 0.15) is 57.8 Å². The van der Waals surface area contributed by atoms with Gasteiger partial charge in [0.05, 0.1) is 6.54 Å². The minimum Gasteiger partial charge on any atom is -0.342 e. The van der Waals surface area contributed by atoms with Crippen molar-refractivity contribution in [2.24, 2.45) is 5.92 Å². The predicted molar refractivity (Wildman–Crippen MR) is 110 cm³/mol. The Labute approximate surface area is 170 Å². The van der Waals surface area contributed by atoms with Crippen LogP contribution < -0.4 is 0 Å². The summed E-state index contributed by atoms with van der Waals surface area (Å²) in [6.07, 6.45) is 10.3. The van der Waals surface area contributed by atoms with Crippen molar-refractivity contribution >= 4 is 11.8 Å². The summed E-state index contributed by atoms with van der Waals surface area (Å²) < 4.78 is 0. The van der Waals surface area contributed by atoms with Gasteiger partial charge in [-0.2, -0.15) is 0 Å². The molecule has 0 aromatic rings. The topological polar surface area (TPSA) is 47.1 Å². The number of nitrogens with zero attached hydrogens (tertiary/aromatic N) is 4. The van der Waals surface area contributed by atoms with Gasteiger partial charge in [-0.15, -0.1) is 0 Å². The summed E-state index contributed by atoms with van der Waals surface area (Å²) in [7, 11) is 2.25. The van der Waals surface area contributed by atoms with Crippen LogP contribution in [0, 0.1) is 5.92 Å². The van der Waals surface area contributed by atoms with E-state index in [9.17, 15) is 9.59 Å². The van der Waals surface area contributed by atoms with Crippen molar-refractivity contribution in [2.45, 2.75) is 69.9 Å². The van der Waals surface area contributed by atoms with Crippen LogP contribution in [0.2, 0.25) is 0 Å². The maximum atomic E-state index is 12.9. The third-order valence-electron chi connectivity index (χ3n) is 7.71. The number of likely N-dealkylation sites (N-methyl/N-ethyl adjacent to an activating group) is 1. The molecular weight excluding hydrogens is 352 g/mol. The van der Waals surface area contributed by atoms with E-state index in [1.165, 1.54) is 32.1 Å². The molecule has 0 saturated carbocycles. The number of hydrogen-bond acceptors (Lipinski definition) is 4. The Morgan fingerprint density at radius 3 is 2.14 bits per heavy atom. The molecule has 0 spiro atoms. The van der Waals surface area contributed by atoms with Crippen molar-refractivity contribution in [1.29, 1.82) is 0 Å². The van der Waals surface area contributed by atoms with Crippen molar-refractivity contribution in [1.82, 2.24) is 19.6 Å². The van der Waals surface area contributed by atoms with E-state index in [4.69, 9.17) is 0 Å². The molecule has 158 valence electrons. The van der Waals surface area contributed by atoms with Gasteiger partial charge in [0, 0.05) is 57.3 Å². The Bertz CT molecular complexity index is 553. The number of hydrogen-bond donors (Lipinski definition) is 0. The summed E-state index contributed by atoms with van der Waals surface area (Å²) in [5, 5.41) is 0. The molecule has 4 rings (SSSR count). The smallest absolute Gasteiger partial charge is 0.236 e. The first kappa shape index (κ1) is 20.1. The molecule has 2 bridgehead atoms. The molecular formula is C22H38N4O2. The second-order valence-electron chi connectivity index (χ2n) is 9.47. The highest BCUT2D eigenvalue weighted by molar-refractivity contribution is 5.81. The van der Waals surface area contributed by atoms with Crippen LogP contribution in [0.25, 0.3) is 0 Å². The molecule has 2 unspecified atom stereocenters. The number of carbonyl (C=O) groups is 2. The molecule has 4 aliphatic rings. The molecule has 0 aromatic carbocycles. The van der Waals surface area contributed by atoms with E-state index in [0.29, 0.717) is 24.5 Å². The van der Waals surface area contributed by atoms with E-state index in [1.54, 1.807) is 0 Å². The number of amides is 2. The minimum absolute atomic E-state index is 0.129. The summed E-state index contributed by atoms with van der Waals surface area (Å²) in [5.41, 5.74) is 0. The number of piperidine rings is 1. The molecule has 0 aromatic heterocycles. The number of likely N-dealkylation sites (tertiary alicyclic amines) is 3. The number of carbonyl (C=O) groups excluding carboxylic acids is 2. The van der Waals surface area contributed by atoms with E-state index in [2.05, 4.69) is 21.7 Å². The Kier molecular flexibility index (Phi) is 6.56. The second-order valence-corrected chi connectivity index (χ2v) is 9.47. The summed E-state index contributed by atoms with van der Waals surface area (Å²) >= 11 is 0. The third-order valence-corrected chi connectivity index (χ3v) is 7.71. The van der Waals surface area contributed by atoms with Crippen molar-refractivity contribution in [3.05, 3.63) is 0 Å². The summed E-state index contributed by atoms with van der Waals surface area (Å²) in [6.45, 7) is 6.00. The largest absolute Gasteiger partial charge is 0.342 e. The van der Waals surface area contributed by atoms with Crippen molar-refractivity contribution < 1.29 is 9.59 Å². The predicted octanol–water partition coefficient (Wildman–Crippen LogP) is 1.80. The fourth-order valence-corrected chi connectivity index (χ4v) is 5.74. The molecule has 0 N–H and O–H groups in total. The van der Waals surface area contributed by atoms with Crippen molar-refractivity contribution in [2.75, 3.05) is 52.9 Å². The summed E-state index contributed by atoms with van der Waals surface area (Å²) in [6, 6.07) is 1.34. The molecule has 0 aliphatic carbocycles. The normalized spacial score (nSPS) is 30.9. The van der Waals surface area contributed by atoms with Crippen LogP contribution in [-0.4, -0.2) is 96.4 Å². The van der Waals surface area contributed by atoms with Crippen molar-refractivity contribution in [3.63, 3.8) is 0 Å². The van der Waals surface area contributed by atoms with Gasteiger partial charge in [-0.3, -0.25) is 19.4 Å². The van der Waals surface area contributed by atoms with Gasteiger partial charge < -0.3 is 9.80 Å². The van der Waals surface area contributed by atoms with Gasteiger partial charge >= 0.3 is 0 Å². The van der Waals surface area contributed by atoms with Gasteiger partial charge in [0.15, 0.2) is 0 Å². The van der Waals surface area contributed by atoms with Crippen LogP contribution >= 0.6 is 0 Å². The molecule has 6 heteroatoms. The van der Waals surface area contributed by atoms with E-state index < -0.39 is 0 Å². The SMILES string of the molecule is CN1C2CCC1CN(CC(=O)N1CCC(C(=O)N3CCCCCC3)CC1)CC2. The van der Waals surface area contributed by atoms with Gasteiger partial charge in [0.2, 0.25) is 11.8 Å². The van der Waals surface area contributed by atoms with Gasteiger partial charge in [0.1, 0.15) is 0 Å². The fourth-order valence-electron chi connectivity index (χ4n) is 5.74. The quantitative estimate of drug-likeness (QED) is 0.737. The Morgan fingerprint density at radius 1 is 0.750 bits per heavy atom. The lowest BCUT2D eigenvalue weighted by Gasteiger charge is -2.35. The average molecular weight is 391 g/mol. The van der Waals surface area contributed by atoms with Crippen LogP contribution in [0.4, 0.5) is 0 Å². The first-order valence-corrected chi connectivity index (χ1v) is 11.6. The van der Waals surface area contributed by atoms with Gasteiger partial charge in [0.25, 0.3) is 0 Å². The lowest BCUT2D eigenvalue weighted by molar-refractivity contribution is -0.141. The van der Waals surface area contributed by atoms with Gasteiger partial charge in [-0.1, -0.05) is 12.8 Å². The molecule has 4 saturated heterocycles. The van der Waals surface area contributed by atoms with Gasteiger partial charge in [-0.25, -0.2) is 0 Å². The standard InChI is InChI=1S/C22H38N4O2/c1-23-19-6-7-20(23)16-24(13-10-19)17-21(27)25-14-8-18(9-15-25)22(28)26-11-4-2-3-5-12-26/h18-20H,2-17H2,1H3. The first-order valence-electron chi connectivity index (χ1n) is 11.6. The molecule has 4 fully saturated rings. The maximum absolute atomic E-state index is 12.9. The Morgan fingerprint density at radius 2 is 1.43 bits per heavy atom. The second kappa shape index (κ2) is 9.12. The van der Waals surface area contributed by atoms with E-state index in [-0.39, 0.29) is 11.8 Å². The van der Waals surface area contributed by atoms with E-state index in [0.717, 1.165) is 65.0 Å².